The Morgan fingerprint density at radius 2 is 2.04 bits per heavy atom. The van der Waals surface area contributed by atoms with Crippen LogP contribution in [-0.2, 0) is 4.79 Å². The number of benzene rings is 1. The van der Waals surface area contributed by atoms with E-state index < -0.39 is 8.07 Å². The molecule has 1 atom stereocenters. The molecule has 0 radical (unpaired) electrons. The Labute approximate surface area is 160 Å². The van der Waals surface area contributed by atoms with Crippen molar-refractivity contribution in [3.63, 3.8) is 0 Å². The summed E-state index contributed by atoms with van der Waals surface area (Å²) < 4.78 is 2.18. The van der Waals surface area contributed by atoms with Gasteiger partial charge in [-0.2, -0.15) is 0 Å². The Morgan fingerprint density at radius 3 is 2.81 bits per heavy atom. The van der Waals surface area contributed by atoms with E-state index in [9.17, 15) is 4.79 Å². The lowest BCUT2D eigenvalue weighted by atomic mass is 10.0. The highest BCUT2D eigenvalue weighted by Crippen LogP contribution is 2.35. The Bertz CT molecular complexity index is 1080. The number of fused-ring (bicyclic) bond motifs is 3. The fourth-order valence-corrected chi connectivity index (χ4v) is 8.87. The summed E-state index contributed by atoms with van der Waals surface area (Å²) >= 11 is 0. The summed E-state index contributed by atoms with van der Waals surface area (Å²) in [7, 11) is -1.38. The maximum Gasteiger partial charge on any atom is 0.247 e. The first-order valence-corrected chi connectivity index (χ1v) is 12.9. The van der Waals surface area contributed by atoms with Crippen LogP contribution in [0, 0.1) is 0 Å². The minimum atomic E-state index is -1.38. The van der Waals surface area contributed by atoms with Gasteiger partial charge in [-0.25, -0.2) is 4.98 Å². The van der Waals surface area contributed by atoms with E-state index in [-0.39, 0.29) is 11.9 Å². The minimum Gasteiger partial charge on any atom is -0.329 e. The molecule has 5 rings (SSSR count). The molecule has 0 aliphatic carbocycles. The van der Waals surface area contributed by atoms with Crippen molar-refractivity contribution in [3.8, 4) is 0 Å². The summed E-state index contributed by atoms with van der Waals surface area (Å²) in [4.78, 5) is 17.4. The van der Waals surface area contributed by atoms with Crippen molar-refractivity contribution >= 4 is 41.1 Å². The van der Waals surface area contributed by atoms with Gasteiger partial charge in [-0.3, -0.25) is 4.79 Å². The van der Waals surface area contributed by atoms with Gasteiger partial charge in [0.05, 0.1) is 13.6 Å². The fraction of sp³-hybridized carbons (Fsp3) is 0.364. The van der Waals surface area contributed by atoms with Crippen molar-refractivity contribution in [2.24, 2.45) is 0 Å². The molecule has 2 saturated heterocycles. The number of carbonyl (C=O) groups is 1. The van der Waals surface area contributed by atoms with Crippen LogP contribution in [0.25, 0.3) is 21.9 Å². The lowest BCUT2D eigenvalue weighted by Gasteiger charge is -2.26. The molecule has 2 aliphatic heterocycles. The van der Waals surface area contributed by atoms with Gasteiger partial charge in [0.25, 0.3) is 0 Å². The van der Waals surface area contributed by atoms with Gasteiger partial charge in [0.15, 0.2) is 0 Å². The minimum absolute atomic E-state index is 0.0328. The van der Waals surface area contributed by atoms with E-state index >= 15 is 0 Å². The Morgan fingerprint density at radius 1 is 1.22 bits per heavy atom. The summed E-state index contributed by atoms with van der Waals surface area (Å²) in [6.45, 7) is 6.45. The first-order chi connectivity index (χ1) is 13.1. The molecule has 1 N–H and O–H groups in total. The van der Waals surface area contributed by atoms with Crippen molar-refractivity contribution < 1.29 is 4.79 Å². The number of nitrogens with one attached hydrogen (secondary N) is 1. The predicted octanol–water partition coefficient (Wildman–Crippen LogP) is 4.23. The number of carbonyl (C=O) groups excluding carboxylic acids is 1. The van der Waals surface area contributed by atoms with Gasteiger partial charge in [0.1, 0.15) is 11.7 Å². The molecule has 4 heterocycles. The second kappa shape index (κ2) is 6.06. The third-order valence-corrected chi connectivity index (χ3v) is 11.2. The predicted molar refractivity (Wildman–Crippen MR) is 113 cm³/mol. The molecule has 1 amide bonds. The first-order valence-electron chi connectivity index (χ1n) is 9.95. The van der Waals surface area contributed by atoms with E-state index in [0.29, 0.717) is 0 Å². The van der Waals surface area contributed by atoms with Gasteiger partial charge in [0, 0.05) is 22.7 Å². The van der Waals surface area contributed by atoms with Gasteiger partial charge >= 0.3 is 0 Å². The first kappa shape index (κ1) is 16.7. The number of hydrogen-bond donors (Lipinski definition) is 1. The van der Waals surface area contributed by atoms with E-state index in [4.69, 9.17) is 0 Å². The van der Waals surface area contributed by atoms with Crippen molar-refractivity contribution in [2.45, 2.75) is 50.4 Å². The average Bonchev–Trinajstić information content (AvgIpc) is 3.24. The van der Waals surface area contributed by atoms with Crippen LogP contribution in [0.4, 0.5) is 0 Å². The van der Waals surface area contributed by atoms with Crippen molar-refractivity contribution in [2.75, 3.05) is 0 Å². The van der Waals surface area contributed by atoms with Gasteiger partial charge in [-0.05, 0) is 31.0 Å². The van der Waals surface area contributed by atoms with E-state index in [2.05, 4.69) is 52.3 Å². The number of nitrogens with zero attached hydrogens (tertiary/aromatic N) is 2. The largest absolute Gasteiger partial charge is 0.329 e. The van der Waals surface area contributed by atoms with Crippen molar-refractivity contribution in [1.82, 2.24) is 14.9 Å². The standard InChI is InChI=1S/C22H25N3OSi/c1-15-7-10-19(22(26)24-15)25-20-14-16(27(2)12-3-4-13-27)8-9-17(20)18-6-5-11-23-21(18)25/h5-6,8-9,11,14,19H,1,3-4,7,10,12-13H2,2H3,(H,24,26). The lowest BCUT2D eigenvalue weighted by molar-refractivity contribution is -0.124. The average molecular weight is 376 g/mol. The molecule has 4 nitrogen and oxygen atoms in total. The molecule has 2 aliphatic rings. The number of pyridine rings is 1. The molecule has 1 aromatic carbocycles. The van der Waals surface area contributed by atoms with Gasteiger partial charge in [0.2, 0.25) is 5.91 Å². The molecule has 3 aromatic rings. The van der Waals surface area contributed by atoms with Crippen LogP contribution in [0.2, 0.25) is 18.6 Å². The van der Waals surface area contributed by atoms with Crippen LogP contribution in [0.5, 0.6) is 0 Å². The quantitative estimate of drug-likeness (QED) is 0.681. The third kappa shape index (κ3) is 2.56. The molecule has 27 heavy (non-hydrogen) atoms. The zero-order valence-corrected chi connectivity index (χ0v) is 16.8. The number of rotatable bonds is 2. The Kier molecular flexibility index (Phi) is 3.76. The maximum absolute atomic E-state index is 12.8. The number of hydrogen-bond acceptors (Lipinski definition) is 2. The number of piperidine rings is 1. The van der Waals surface area contributed by atoms with Crippen LogP contribution in [0.3, 0.4) is 0 Å². The number of amides is 1. The molecule has 5 heteroatoms. The summed E-state index contributed by atoms with van der Waals surface area (Å²) in [5.41, 5.74) is 2.89. The number of allylic oxidation sites excluding steroid dienone is 1. The molecule has 0 spiro atoms. The second-order valence-electron chi connectivity index (χ2n) is 8.39. The summed E-state index contributed by atoms with van der Waals surface area (Å²) in [5, 5.41) is 6.81. The van der Waals surface area contributed by atoms with Crippen LogP contribution < -0.4 is 10.5 Å². The topological polar surface area (TPSA) is 46.9 Å². The number of aromatic nitrogens is 2. The summed E-state index contributed by atoms with van der Waals surface area (Å²) in [6, 6.07) is 13.6. The van der Waals surface area contributed by atoms with Crippen LogP contribution >= 0.6 is 0 Å². The molecule has 1 unspecified atom stereocenters. The van der Waals surface area contributed by atoms with Crippen LogP contribution in [-0.4, -0.2) is 23.5 Å². The van der Waals surface area contributed by atoms with Crippen LogP contribution in [0.1, 0.15) is 31.7 Å². The fourth-order valence-electron chi connectivity index (χ4n) is 5.02. The summed E-state index contributed by atoms with van der Waals surface area (Å²) in [6.07, 6.45) is 6.14. The molecule has 0 bridgehead atoms. The van der Waals surface area contributed by atoms with E-state index in [1.165, 1.54) is 35.5 Å². The molecule has 2 fully saturated rings. The Balaban J connectivity index is 1.76. The maximum atomic E-state index is 12.8. The van der Waals surface area contributed by atoms with E-state index in [1.807, 2.05) is 12.3 Å². The van der Waals surface area contributed by atoms with E-state index in [0.717, 1.165) is 35.1 Å². The smallest absolute Gasteiger partial charge is 0.247 e. The van der Waals surface area contributed by atoms with Crippen molar-refractivity contribution in [1.29, 1.82) is 0 Å². The second-order valence-corrected chi connectivity index (χ2v) is 13.1. The lowest BCUT2D eigenvalue weighted by Crippen LogP contribution is -2.41. The molecular weight excluding hydrogens is 350 g/mol. The molecule has 0 saturated carbocycles. The normalized spacial score (nSPS) is 22.5. The van der Waals surface area contributed by atoms with Gasteiger partial charge in [-0.1, -0.05) is 55.4 Å². The highest BCUT2D eigenvalue weighted by Gasteiger charge is 2.34. The monoisotopic (exact) mass is 375 g/mol. The highest BCUT2D eigenvalue weighted by atomic mass is 28.3. The zero-order valence-electron chi connectivity index (χ0n) is 15.8. The summed E-state index contributed by atoms with van der Waals surface area (Å²) in [5.74, 6) is 0.0328. The zero-order chi connectivity index (χ0) is 18.6. The van der Waals surface area contributed by atoms with Crippen molar-refractivity contribution in [3.05, 3.63) is 48.8 Å². The molecule has 2 aromatic heterocycles. The van der Waals surface area contributed by atoms with Crippen LogP contribution in [0.15, 0.2) is 48.8 Å². The Hall–Kier alpha value is -2.40. The SMILES string of the molecule is C=C1CCC(n2c3cc([Si]4(C)CCCC4)ccc3c3cccnc32)C(=O)N1. The molecule has 138 valence electrons. The molecular formula is C22H25N3OSi. The van der Waals surface area contributed by atoms with Gasteiger partial charge in [-0.15, -0.1) is 0 Å². The van der Waals surface area contributed by atoms with E-state index in [1.54, 1.807) is 0 Å². The highest BCUT2D eigenvalue weighted by molar-refractivity contribution is 6.91. The van der Waals surface area contributed by atoms with Gasteiger partial charge < -0.3 is 9.88 Å². The third-order valence-electron chi connectivity index (χ3n) is 6.60.